The second-order valence-electron chi connectivity index (χ2n) is 6.90. The Kier molecular flexibility index (Phi) is 4.68. The first kappa shape index (κ1) is 18.7. The van der Waals surface area contributed by atoms with Crippen LogP contribution in [0.1, 0.15) is 6.23 Å². The van der Waals surface area contributed by atoms with E-state index in [1.165, 1.54) is 12.6 Å². The van der Waals surface area contributed by atoms with Crippen LogP contribution >= 0.6 is 0 Å². The number of aliphatic hydroxyl groups excluding tert-OH is 3. The standard InChI is InChI=1S/C20H19N5O5/c26-9-13-15(27)16(28)20(30-13)25-18(12-7-4-8-29-12)24-14-17(21-10-22-19(14)25)23-11-5-2-1-3-6-11/h1-8,10,13,15-16,20,26-28H,9H2,(H,21,22,23)/t13-,15-,16-,20-/m1/s1. The number of nitrogens with zero attached hydrogens (tertiary/aromatic N) is 4. The molecule has 5 rings (SSSR count). The van der Waals surface area contributed by atoms with Crippen LogP contribution in [0.25, 0.3) is 22.7 Å². The van der Waals surface area contributed by atoms with Crippen LogP contribution in [0.3, 0.4) is 0 Å². The van der Waals surface area contributed by atoms with Gasteiger partial charge in [-0.15, -0.1) is 0 Å². The molecule has 4 atom stereocenters. The normalized spacial score (nSPS) is 23.8. The highest BCUT2D eigenvalue weighted by Crippen LogP contribution is 2.37. The molecule has 30 heavy (non-hydrogen) atoms. The van der Waals surface area contributed by atoms with Gasteiger partial charge >= 0.3 is 0 Å². The first-order chi connectivity index (χ1) is 14.7. The Morgan fingerprint density at radius 1 is 1.03 bits per heavy atom. The minimum absolute atomic E-state index is 0.349. The maximum Gasteiger partial charge on any atom is 0.180 e. The minimum atomic E-state index is -1.30. The summed E-state index contributed by atoms with van der Waals surface area (Å²) in [6.07, 6.45) is -1.64. The van der Waals surface area contributed by atoms with Crippen LogP contribution in [-0.2, 0) is 4.74 Å². The van der Waals surface area contributed by atoms with Gasteiger partial charge < -0.3 is 29.8 Å². The van der Waals surface area contributed by atoms with Gasteiger partial charge in [0.25, 0.3) is 0 Å². The van der Waals surface area contributed by atoms with E-state index in [0.29, 0.717) is 28.6 Å². The van der Waals surface area contributed by atoms with Gasteiger partial charge in [0, 0.05) is 5.69 Å². The summed E-state index contributed by atoms with van der Waals surface area (Å²) >= 11 is 0. The Labute approximate surface area is 170 Å². The lowest BCUT2D eigenvalue weighted by molar-refractivity contribution is -0.0504. The van der Waals surface area contributed by atoms with E-state index < -0.39 is 31.1 Å². The number of anilines is 2. The van der Waals surface area contributed by atoms with Gasteiger partial charge in [-0.3, -0.25) is 4.57 Å². The summed E-state index contributed by atoms with van der Waals surface area (Å²) in [5, 5.41) is 33.5. The molecule has 1 aliphatic heterocycles. The summed E-state index contributed by atoms with van der Waals surface area (Å²) < 4.78 is 12.8. The lowest BCUT2D eigenvalue weighted by Gasteiger charge is -2.18. The summed E-state index contributed by atoms with van der Waals surface area (Å²) in [6, 6.07) is 12.9. The van der Waals surface area contributed by atoms with Gasteiger partial charge in [0.2, 0.25) is 0 Å². The summed E-state index contributed by atoms with van der Waals surface area (Å²) in [5.41, 5.74) is 1.63. The van der Waals surface area contributed by atoms with E-state index in [-0.39, 0.29) is 0 Å². The molecule has 4 heterocycles. The predicted molar refractivity (Wildman–Crippen MR) is 106 cm³/mol. The number of rotatable bonds is 5. The molecule has 0 radical (unpaired) electrons. The third-order valence-electron chi connectivity index (χ3n) is 5.03. The second-order valence-corrected chi connectivity index (χ2v) is 6.90. The smallest absolute Gasteiger partial charge is 0.180 e. The van der Waals surface area contributed by atoms with Crippen molar-refractivity contribution in [3.63, 3.8) is 0 Å². The Hall–Kier alpha value is -3.31. The number of aliphatic hydroxyl groups is 3. The number of para-hydroxylation sites is 1. The van der Waals surface area contributed by atoms with Crippen molar-refractivity contribution in [1.82, 2.24) is 19.5 Å². The van der Waals surface area contributed by atoms with E-state index in [4.69, 9.17) is 9.15 Å². The molecule has 0 saturated carbocycles. The van der Waals surface area contributed by atoms with Crippen molar-refractivity contribution in [3.05, 3.63) is 55.1 Å². The molecule has 0 bridgehead atoms. The zero-order valence-corrected chi connectivity index (χ0v) is 15.7. The quantitative estimate of drug-likeness (QED) is 0.386. The van der Waals surface area contributed by atoms with E-state index in [1.807, 2.05) is 30.3 Å². The first-order valence-electron chi connectivity index (χ1n) is 9.38. The maximum atomic E-state index is 10.6. The molecule has 0 unspecified atom stereocenters. The fourth-order valence-corrected chi connectivity index (χ4v) is 3.57. The Balaban J connectivity index is 1.67. The number of furan rings is 1. The van der Waals surface area contributed by atoms with Crippen LogP contribution in [0.2, 0.25) is 0 Å². The van der Waals surface area contributed by atoms with E-state index >= 15 is 0 Å². The Morgan fingerprint density at radius 2 is 1.87 bits per heavy atom. The van der Waals surface area contributed by atoms with Gasteiger partial charge in [0.1, 0.15) is 24.6 Å². The first-order valence-corrected chi connectivity index (χ1v) is 9.38. The van der Waals surface area contributed by atoms with Crippen LogP contribution in [0.5, 0.6) is 0 Å². The van der Waals surface area contributed by atoms with Gasteiger partial charge in [0.15, 0.2) is 34.8 Å². The number of imidazole rings is 1. The van der Waals surface area contributed by atoms with E-state index in [1.54, 1.807) is 16.7 Å². The molecule has 10 nitrogen and oxygen atoms in total. The van der Waals surface area contributed by atoms with Crippen molar-refractivity contribution in [1.29, 1.82) is 0 Å². The molecule has 0 spiro atoms. The van der Waals surface area contributed by atoms with E-state index in [0.717, 1.165) is 5.69 Å². The maximum absolute atomic E-state index is 10.6. The molecule has 3 aromatic heterocycles. The molecule has 4 aromatic rings. The van der Waals surface area contributed by atoms with E-state index in [2.05, 4.69) is 20.3 Å². The largest absolute Gasteiger partial charge is 0.461 e. The number of hydrogen-bond acceptors (Lipinski definition) is 9. The van der Waals surface area contributed by atoms with Crippen molar-refractivity contribution in [2.24, 2.45) is 0 Å². The zero-order valence-electron chi connectivity index (χ0n) is 15.7. The lowest BCUT2D eigenvalue weighted by atomic mass is 10.1. The fourth-order valence-electron chi connectivity index (χ4n) is 3.57. The summed E-state index contributed by atoms with van der Waals surface area (Å²) in [7, 11) is 0. The summed E-state index contributed by atoms with van der Waals surface area (Å²) in [6.45, 7) is -0.437. The number of ether oxygens (including phenoxy) is 1. The average molecular weight is 409 g/mol. The summed E-state index contributed by atoms with van der Waals surface area (Å²) in [5.74, 6) is 1.24. The van der Waals surface area contributed by atoms with Gasteiger partial charge in [-0.1, -0.05) is 18.2 Å². The topological polar surface area (TPSA) is 139 Å². The molecule has 1 fully saturated rings. The molecule has 0 aliphatic carbocycles. The number of hydrogen-bond donors (Lipinski definition) is 4. The number of benzene rings is 1. The number of fused-ring (bicyclic) bond motifs is 1. The number of aromatic nitrogens is 4. The molecule has 1 aromatic carbocycles. The Bertz CT molecular complexity index is 1150. The average Bonchev–Trinajstić information content (AvgIpc) is 3.48. The lowest BCUT2D eigenvalue weighted by Crippen LogP contribution is -2.33. The summed E-state index contributed by atoms with van der Waals surface area (Å²) in [4.78, 5) is 13.3. The van der Waals surface area contributed by atoms with Crippen molar-refractivity contribution in [3.8, 4) is 11.6 Å². The molecule has 154 valence electrons. The van der Waals surface area contributed by atoms with E-state index in [9.17, 15) is 15.3 Å². The minimum Gasteiger partial charge on any atom is -0.461 e. The van der Waals surface area contributed by atoms with Crippen molar-refractivity contribution < 1.29 is 24.5 Å². The highest BCUT2D eigenvalue weighted by molar-refractivity contribution is 5.88. The van der Waals surface area contributed by atoms with Gasteiger partial charge in [-0.25, -0.2) is 15.0 Å². The number of nitrogens with one attached hydrogen (secondary N) is 1. The molecule has 4 N–H and O–H groups in total. The fraction of sp³-hybridized carbons (Fsp3) is 0.250. The van der Waals surface area contributed by atoms with Crippen LogP contribution in [0.4, 0.5) is 11.5 Å². The van der Waals surface area contributed by atoms with Crippen molar-refractivity contribution in [2.45, 2.75) is 24.5 Å². The van der Waals surface area contributed by atoms with Gasteiger partial charge in [-0.2, -0.15) is 0 Å². The highest BCUT2D eigenvalue weighted by Gasteiger charge is 2.45. The zero-order chi connectivity index (χ0) is 20.7. The Morgan fingerprint density at radius 3 is 2.57 bits per heavy atom. The van der Waals surface area contributed by atoms with Gasteiger partial charge in [-0.05, 0) is 24.3 Å². The van der Waals surface area contributed by atoms with Crippen LogP contribution in [-0.4, -0.2) is 59.8 Å². The predicted octanol–water partition coefficient (Wildman–Crippen LogP) is 1.44. The van der Waals surface area contributed by atoms with Crippen molar-refractivity contribution >= 4 is 22.7 Å². The van der Waals surface area contributed by atoms with Crippen LogP contribution < -0.4 is 5.32 Å². The molecular weight excluding hydrogens is 390 g/mol. The molecule has 10 heteroatoms. The molecule has 1 aliphatic rings. The monoisotopic (exact) mass is 409 g/mol. The SMILES string of the molecule is OC[C@H]1O[C@@H](n2c(-c3ccco3)nc3c(Nc4ccccc4)ncnc32)[C@H](O)[C@@H]1O. The molecule has 1 saturated heterocycles. The second kappa shape index (κ2) is 7.50. The molecular formula is C20H19N5O5. The van der Waals surface area contributed by atoms with Crippen molar-refractivity contribution in [2.75, 3.05) is 11.9 Å². The third-order valence-corrected chi connectivity index (χ3v) is 5.03. The van der Waals surface area contributed by atoms with Gasteiger partial charge in [0.05, 0.1) is 12.9 Å². The highest BCUT2D eigenvalue weighted by atomic mass is 16.6. The molecule has 0 amide bonds. The van der Waals surface area contributed by atoms with Crippen LogP contribution in [0.15, 0.2) is 59.5 Å². The van der Waals surface area contributed by atoms with Crippen LogP contribution in [0, 0.1) is 0 Å². The third kappa shape index (κ3) is 3.02.